The van der Waals surface area contributed by atoms with Gasteiger partial charge in [-0.1, -0.05) is 29.8 Å². The molecule has 0 radical (unpaired) electrons. The topological polar surface area (TPSA) is 32.3 Å². The van der Waals surface area contributed by atoms with Crippen molar-refractivity contribution in [2.24, 2.45) is 0 Å². The van der Waals surface area contributed by atoms with E-state index in [0.29, 0.717) is 6.54 Å². The molecule has 0 aromatic heterocycles. The van der Waals surface area contributed by atoms with Crippen molar-refractivity contribution in [3.05, 3.63) is 59.1 Å². The number of phenols is 1. The summed E-state index contributed by atoms with van der Waals surface area (Å²) in [6.45, 7) is 0.709. The minimum absolute atomic E-state index is 0.284. The van der Waals surface area contributed by atoms with Crippen molar-refractivity contribution in [2.75, 3.05) is 5.32 Å². The summed E-state index contributed by atoms with van der Waals surface area (Å²) in [5, 5.41) is 13.1. The van der Waals surface area contributed by atoms with Crippen LogP contribution < -0.4 is 5.32 Å². The second kappa shape index (κ2) is 4.90. The summed E-state index contributed by atoms with van der Waals surface area (Å²) in [5.74, 6) is 0.284. The third kappa shape index (κ3) is 2.91. The molecule has 0 saturated heterocycles. The minimum Gasteiger partial charge on any atom is -0.508 e. The number of aromatic hydroxyl groups is 1. The Hall–Kier alpha value is -1.67. The van der Waals surface area contributed by atoms with Crippen molar-refractivity contribution in [2.45, 2.75) is 6.54 Å². The highest BCUT2D eigenvalue weighted by Gasteiger charge is 1.95. The van der Waals surface area contributed by atoms with Gasteiger partial charge >= 0.3 is 0 Å². The van der Waals surface area contributed by atoms with Crippen LogP contribution in [-0.4, -0.2) is 5.11 Å². The zero-order valence-electron chi connectivity index (χ0n) is 8.65. The average molecular weight is 234 g/mol. The van der Waals surface area contributed by atoms with Gasteiger partial charge in [0.2, 0.25) is 0 Å². The van der Waals surface area contributed by atoms with Gasteiger partial charge in [0.1, 0.15) is 5.75 Å². The lowest BCUT2D eigenvalue weighted by atomic mass is 10.2. The van der Waals surface area contributed by atoms with E-state index < -0.39 is 0 Å². The Bertz CT molecular complexity index is 468. The molecule has 0 amide bonds. The monoisotopic (exact) mass is 233 g/mol. The fourth-order valence-corrected chi connectivity index (χ4v) is 1.61. The van der Waals surface area contributed by atoms with E-state index in [2.05, 4.69) is 5.32 Å². The molecule has 2 nitrogen and oxygen atoms in total. The van der Waals surface area contributed by atoms with Crippen LogP contribution in [0.2, 0.25) is 5.02 Å². The van der Waals surface area contributed by atoms with Crippen LogP contribution in [0, 0.1) is 0 Å². The van der Waals surface area contributed by atoms with Crippen molar-refractivity contribution in [1.29, 1.82) is 0 Å². The van der Waals surface area contributed by atoms with E-state index in [9.17, 15) is 0 Å². The predicted molar refractivity (Wildman–Crippen MR) is 66.9 cm³/mol. The van der Waals surface area contributed by atoms with Gasteiger partial charge in [-0.3, -0.25) is 0 Å². The van der Waals surface area contributed by atoms with Crippen molar-refractivity contribution in [3.8, 4) is 5.75 Å². The molecule has 0 aliphatic heterocycles. The SMILES string of the molecule is Oc1ccc(CNc2cccc(Cl)c2)cc1. The van der Waals surface area contributed by atoms with Crippen molar-refractivity contribution in [1.82, 2.24) is 0 Å². The molecule has 2 N–H and O–H groups in total. The van der Waals surface area contributed by atoms with Crippen LogP contribution in [0.1, 0.15) is 5.56 Å². The third-order valence-electron chi connectivity index (χ3n) is 2.26. The first-order valence-electron chi connectivity index (χ1n) is 5.01. The van der Waals surface area contributed by atoms with Gasteiger partial charge in [0, 0.05) is 17.3 Å². The van der Waals surface area contributed by atoms with Gasteiger partial charge in [0.15, 0.2) is 0 Å². The van der Waals surface area contributed by atoms with Crippen LogP contribution in [0.15, 0.2) is 48.5 Å². The van der Waals surface area contributed by atoms with Crippen LogP contribution in [0.3, 0.4) is 0 Å². The molecule has 82 valence electrons. The zero-order valence-corrected chi connectivity index (χ0v) is 9.41. The summed E-state index contributed by atoms with van der Waals surface area (Å²) < 4.78 is 0. The van der Waals surface area contributed by atoms with Crippen LogP contribution in [0.25, 0.3) is 0 Å². The molecular weight excluding hydrogens is 222 g/mol. The van der Waals surface area contributed by atoms with Gasteiger partial charge in [-0.2, -0.15) is 0 Å². The molecule has 0 bridgehead atoms. The van der Waals surface area contributed by atoms with E-state index in [1.165, 1.54) is 0 Å². The number of benzene rings is 2. The molecule has 0 fully saturated rings. The van der Waals surface area contributed by atoms with Crippen LogP contribution in [0.5, 0.6) is 5.75 Å². The van der Waals surface area contributed by atoms with E-state index in [1.54, 1.807) is 12.1 Å². The highest BCUT2D eigenvalue weighted by Crippen LogP contribution is 2.16. The summed E-state index contributed by atoms with van der Waals surface area (Å²) in [5.41, 5.74) is 2.10. The first kappa shape index (κ1) is 10.8. The molecule has 0 saturated carbocycles. The van der Waals surface area contributed by atoms with Crippen LogP contribution in [0.4, 0.5) is 5.69 Å². The van der Waals surface area contributed by atoms with Crippen molar-refractivity contribution >= 4 is 17.3 Å². The van der Waals surface area contributed by atoms with E-state index >= 15 is 0 Å². The number of halogens is 1. The lowest BCUT2D eigenvalue weighted by Crippen LogP contribution is -1.98. The number of anilines is 1. The lowest BCUT2D eigenvalue weighted by Gasteiger charge is -2.06. The Morgan fingerprint density at radius 1 is 1.06 bits per heavy atom. The number of phenolic OH excluding ortho intramolecular Hbond substituents is 1. The fourth-order valence-electron chi connectivity index (χ4n) is 1.42. The van der Waals surface area contributed by atoms with Crippen molar-refractivity contribution < 1.29 is 5.11 Å². The summed E-state index contributed by atoms with van der Waals surface area (Å²) in [7, 11) is 0. The summed E-state index contributed by atoms with van der Waals surface area (Å²) in [4.78, 5) is 0. The molecule has 0 atom stereocenters. The zero-order chi connectivity index (χ0) is 11.4. The maximum atomic E-state index is 9.14. The lowest BCUT2D eigenvalue weighted by molar-refractivity contribution is 0.475. The highest BCUT2D eigenvalue weighted by atomic mass is 35.5. The molecule has 0 unspecified atom stereocenters. The molecule has 2 aromatic rings. The standard InChI is InChI=1S/C13H12ClNO/c14-11-2-1-3-12(8-11)15-9-10-4-6-13(16)7-5-10/h1-8,15-16H,9H2. The Morgan fingerprint density at radius 3 is 2.50 bits per heavy atom. The predicted octanol–water partition coefficient (Wildman–Crippen LogP) is 3.66. The van der Waals surface area contributed by atoms with E-state index in [4.69, 9.17) is 16.7 Å². The molecule has 2 rings (SSSR count). The molecular formula is C13H12ClNO. The fraction of sp³-hybridized carbons (Fsp3) is 0.0769. The maximum absolute atomic E-state index is 9.14. The van der Waals surface area contributed by atoms with Crippen LogP contribution >= 0.6 is 11.6 Å². The number of hydrogen-bond acceptors (Lipinski definition) is 2. The number of nitrogens with one attached hydrogen (secondary N) is 1. The smallest absolute Gasteiger partial charge is 0.115 e. The largest absolute Gasteiger partial charge is 0.508 e. The van der Waals surface area contributed by atoms with E-state index in [-0.39, 0.29) is 5.75 Å². The summed E-state index contributed by atoms with van der Waals surface area (Å²) in [6.07, 6.45) is 0. The van der Waals surface area contributed by atoms with Gasteiger partial charge in [-0.25, -0.2) is 0 Å². The molecule has 0 spiro atoms. The quantitative estimate of drug-likeness (QED) is 0.848. The average Bonchev–Trinajstić information content (AvgIpc) is 2.28. The second-order valence-corrected chi connectivity index (χ2v) is 3.97. The van der Waals surface area contributed by atoms with Crippen molar-refractivity contribution in [3.63, 3.8) is 0 Å². The van der Waals surface area contributed by atoms with Gasteiger partial charge < -0.3 is 10.4 Å². The number of rotatable bonds is 3. The van der Waals surface area contributed by atoms with E-state index in [0.717, 1.165) is 16.3 Å². The van der Waals surface area contributed by atoms with Gasteiger partial charge in [-0.05, 0) is 35.9 Å². The molecule has 0 aliphatic carbocycles. The number of hydrogen-bond donors (Lipinski definition) is 2. The first-order chi connectivity index (χ1) is 7.74. The molecule has 2 aromatic carbocycles. The van der Waals surface area contributed by atoms with Gasteiger partial charge in [0.25, 0.3) is 0 Å². The third-order valence-corrected chi connectivity index (χ3v) is 2.49. The molecule has 0 heterocycles. The summed E-state index contributed by atoms with van der Waals surface area (Å²) in [6, 6.07) is 14.7. The summed E-state index contributed by atoms with van der Waals surface area (Å²) >= 11 is 5.87. The normalized spacial score (nSPS) is 10.1. The highest BCUT2D eigenvalue weighted by molar-refractivity contribution is 6.30. The maximum Gasteiger partial charge on any atom is 0.115 e. The minimum atomic E-state index is 0.284. The Kier molecular flexibility index (Phi) is 3.32. The Morgan fingerprint density at radius 2 is 1.81 bits per heavy atom. The molecule has 0 aliphatic rings. The first-order valence-corrected chi connectivity index (χ1v) is 5.39. The van der Waals surface area contributed by atoms with E-state index in [1.807, 2.05) is 36.4 Å². The van der Waals surface area contributed by atoms with Gasteiger partial charge in [0.05, 0.1) is 0 Å². The molecule has 16 heavy (non-hydrogen) atoms. The van der Waals surface area contributed by atoms with Gasteiger partial charge in [-0.15, -0.1) is 0 Å². The van der Waals surface area contributed by atoms with Crippen LogP contribution in [-0.2, 0) is 6.54 Å². The second-order valence-electron chi connectivity index (χ2n) is 3.53. The Balaban J connectivity index is 1.99. The Labute approximate surface area is 99.5 Å². The molecule has 3 heteroatoms.